The predicted molar refractivity (Wildman–Crippen MR) is 80.7 cm³/mol. The van der Waals surface area contributed by atoms with E-state index in [0.717, 1.165) is 5.56 Å². The van der Waals surface area contributed by atoms with Crippen molar-refractivity contribution in [2.24, 2.45) is 0 Å². The Bertz CT molecular complexity index is 652. The molecule has 0 aliphatic carbocycles. The SMILES string of the molecule is COc1cc(CNC(=O)Nc2ccc(Br)cc2F)ccn1. The van der Waals surface area contributed by atoms with Crippen LogP contribution in [0.25, 0.3) is 0 Å². The van der Waals surface area contributed by atoms with Crippen LogP contribution < -0.4 is 15.4 Å². The smallest absolute Gasteiger partial charge is 0.319 e. The number of carbonyl (C=O) groups is 1. The van der Waals surface area contributed by atoms with Gasteiger partial charge in [-0.05, 0) is 29.8 Å². The Hall–Kier alpha value is -2.15. The number of aromatic nitrogens is 1. The van der Waals surface area contributed by atoms with Gasteiger partial charge in [-0.1, -0.05) is 15.9 Å². The van der Waals surface area contributed by atoms with Crippen LogP contribution in [0.5, 0.6) is 5.88 Å². The molecular weight excluding hydrogens is 341 g/mol. The fourth-order valence-corrected chi connectivity index (χ4v) is 1.94. The van der Waals surface area contributed by atoms with Crippen molar-refractivity contribution in [3.8, 4) is 5.88 Å². The largest absolute Gasteiger partial charge is 0.481 e. The molecule has 0 saturated heterocycles. The molecule has 0 saturated carbocycles. The second kappa shape index (κ2) is 7.03. The van der Waals surface area contributed by atoms with Crippen LogP contribution in [-0.2, 0) is 6.54 Å². The van der Waals surface area contributed by atoms with E-state index < -0.39 is 11.8 Å². The monoisotopic (exact) mass is 353 g/mol. The third-order valence-electron chi connectivity index (χ3n) is 2.64. The number of carbonyl (C=O) groups excluding carboxylic acids is 1. The Morgan fingerprint density at radius 1 is 1.38 bits per heavy atom. The van der Waals surface area contributed by atoms with Crippen LogP contribution in [0, 0.1) is 5.82 Å². The molecule has 0 fully saturated rings. The minimum Gasteiger partial charge on any atom is -0.481 e. The zero-order valence-corrected chi connectivity index (χ0v) is 12.8. The van der Waals surface area contributed by atoms with Crippen LogP contribution >= 0.6 is 15.9 Å². The minimum atomic E-state index is -0.509. The first kappa shape index (κ1) is 15.2. The first-order valence-corrected chi connectivity index (χ1v) is 6.86. The highest BCUT2D eigenvalue weighted by Crippen LogP contribution is 2.19. The van der Waals surface area contributed by atoms with E-state index in [1.165, 1.54) is 19.2 Å². The third-order valence-corrected chi connectivity index (χ3v) is 3.13. The number of hydrogen-bond acceptors (Lipinski definition) is 3. The highest BCUT2D eigenvalue weighted by atomic mass is 79.9. The number of nitrogens with one attached hydrogen (secondary N) is 2. The van der Waals surface area contributed by atoms with E-state index in [1.54, 1.807) is 24.4 Å². The zero-order valence-electron chi connectivity index (χ0n) is 11.2. The van der Waals surface area contributed by atoms with Gasteiger partial charge in [0.05, 0.1) is 12.8 Å². The molecule has 2 amide bonds. The summed E-state index contributed by atoms with van der Waals surface area (Å²) in [6, 6.07) is 7.38. The van der Waals surface area contributed by atoms with Gasteiger partial charge in [0, 0.05) is 23.3 Å². The average molecular weight is 354 g/mol. The van der Waals surface area contributed by atoms with E-state index in [-0.39, 0.29) is 12.2 Å². The fraction of sp³-hybridized carbons (Fsp3) is 0.143. The first-order valence-electron chi connectivity index (χ1n) is 6.07. The number of anilines is 1. The molecule has 0 unspecified atom stereocenters. The Kier molecular flexibility index (Phi) is 5.10. The summed E-state index contributed by atoms with van der Waals surface area (Å²) in [5, 5.41) is 5.07. The lowest BCUT2D eigenvalue weighted by Crippen LogP contribution is -2.28. The second-order valence-corrected chi connectivity index (χ2v) is 5.05. The minimum absolute atomic E-state index is 0.114. The Labute approximate surface area is 129 Å². The molecule has 21 heavy (non-hydrogen) atoms. The van der Waals surface area contributed by atoms with Crippen molar-refractivity contribution in [2.45, 2.75) is 6.54 Å². The number of urea groups is 1. The van der Waals surface area contributed by atoms with Crippen molar-refractivity contribution in [3.63, 3.8) is 0 Å². The summed E-state index contributed by atoms with van der Waals surface area (Å²) < 4.78 is 19.2. The van der Waals surface area contributed by atoms with Crippen molar-refractivity contribution < 1.29 is 13.9 Å². The quantitative estimate of drug-likeness (QED) is 0.886. The lowest BCUT2D eigenvalue weighted by molar-refractivity contribution is 0.251. The number of amides is 2. The molecule has 0 aliphatic rings. The summed E-state index contributed by atoms with van der Waals surface area (Å²) in [5.41, 5.74) is 0.941. The highest BCUT2D eigenvalue weighted by Gasteiger charge is 2.07. The molecule has 2 N–H and O–H groups in total. The number of benzene rings is 1. The maximum atomic E-state index is 13.6. The number of pyridine rings is 1. The number of hydrogen-bond donors (Lipinski definition) is 2. The lowest BCUT2D eigenvalue weighted by atomic mass is 10.2. The van der Waals surface area contributed by atoms with Gasteiger partial charge < -0.3 is 15.4 Å². The topological polar surface area (TPSA) is 63.2 Å². The van der Waals surface area contributed by atoms with Crippen LogP contribution in [0.1, 0.15) is 5.56 Å². The van der Waals surface area contributed by atoms with Crippen LogP contribution in [0.4, 0.5) is 14.9 Å². The fourth-order valence-electron chi connectivity index (χ4n) is 1.61. The molecule has 1 heterocycles. The van der Waals surface area contributed by atoms with Crippen molar-refractivity contribution in [2.75, 3.05) is 12.4 Å². The van der Waals surface area contributed by atoms with Gasteiger partial charge in [0.1, 0.15) is 5.82 Å². The molecule has 0 atom stereocenters. The Balaban J connectivity index is 1.92. The second-order valence-electron chi connectivity index (χ2n) is 4.14. The number of methoxy groups -OCH3 is 1. The maximum Gasteiger partial charge on any atom is 0.319 e. The van der Waals surface area contributed by atoms with Gasteiger partial charge in [0.25, 0.3) is 0 Å². The molecule has 2 rings (SSSR count). The van der Waals surface area contributed by atoms with Gasteiger partial charge in [0.2, 0.25) is 5.88 Å². The molecule has 0 aliphatic heterocycles. The van der Waals surface area contributed by atoms with Crippen LogP contribution in [0.15, 0.2) is 41.0 Å². The Morgan fingerprint density at radius 2 is 2.19 bits per heavy atom. The molecular formula is C14H13BrFN3O2. The van der Waals surface area contributed by atoms with E-state index in [0.29, 0.717) is 10.4 Å². The van der Waals surface area contributed by atoms with Gasteiger partial charge in [-0.25, -0.2) is 14.2 Å². The Morgan fingerprint density at radius 3 is 2.90 bits per heavy atom. The third kappa shape index (κ3) is 4.42. The van der Waals surface area contributed by atoms with E-state index in [2.05, 4.69) is 31.5 Å². The van der Waals surface area contributed by atoms with Crippen LogP contribution in [-0.4, -0.2) is 18.1 Å². The zero-order chi connectivity index (χ0) is 15.2. The number of ether oxygens (including phenoxy) is 1. The molecule has 0 spiro atoms. The summed E-state index contributed by atoms with van der Waals surface area (Å²) in [4.78, 5) is 15.7. The summed E-state index contributed by atoms with van der Waals surface area (Å²) in [6.45, 7) is 0.281. The van der Waals surface area contributed by atoms with Crippen molar-refractivity contribution in [1.82, 2.24) is 10.3 Å². The molecule has 110 valence electrons. The molecule has 1 aromatic heterocycles. The first-order chi connectivity index (χ1) is 10.1. The summed E-state index contributed by atoms with van der Waals surface area (Å²) in [6.07, 6.45) is 1.59. The van der Waals surface area contributed by atoms with Gasteiger partial charge in [-0.2, -0.15) is 0 Å². The van der Waals surface area contributed by atoms with E-state index in [9.17, 15) is 9.18 Å². The maximum absolute atomic E-state index is 13.6. The van der Waals surface area contributed by atoms with E-state index in [1.807, 2.05) is 0 Å². The van der Waals surface area contributed by atoms with Crippen molar-refractivity contribution >= 4 is 27.6 Å². The number of rotatable bonds is 4. The molecule has 0 bridgehead atoms. The summed E-state index contributed by atoms with van der Waals surface area (Å²) in [7, 11) is 1.52. The van der Waals surface area contributed by atoms with Crippen LogP contribution in [0.2, 0.25) is 0 Å². The van der Waals surface area contributed by atoms with Crippen molar-refractivity contribution in [3.05, 3.63) is 52.4 Å². The van der Waals surface area contributed by atoms with Gasteiger partial charge in [0.15, 0.2) is 0 Å². The molecule has 0 radical (unpaired) electrons. The summed E-state index contributed by atoms with van der Waals surface area (Å²) in [5.74, 6) is -0.0428. The van der Waals surface area contributed by atoms with E-state index in [4.69, 9.17) is 4.74 Å². The molecule has 1 aromatic carbocycles. The predicted octanol–water partition coefficient (Wildman–Crippen LogP) is 3.31. The van der Waals surface area contributed by atoms with Gasteiger partial charge in [-0.15, -0.1) is 0 Å². The van der Waals surface area contributed by atoms with Gasteiger partial charge in [-0.3, -0.25) is 0 Å². The number of nitrogens with zero attached hydrogens (tertiary/aromatic N) is 1. The number of halogens is 2. The van der Waals surface area contributed by atoms with E-state index >= 15 is 0 Å². The average Bonchev–Trinajstić information content (AvgIpc) is 2.48. The summed E-state index contributed by atoms with van der Waals surface area (Å²) >= 11 is 3.15. The molecule has 5 nitrogen and oxygen atoms in total. The standard InChI is InChI=1S/C14H13BrFN3O2/c1-21-13-6-9(4-5-17-13)8-18-14(20)19-12-3-2-10(15)7-11(12)16/h2-7H,8H2,1H3,(H2,18,19,20). The van der Waals surface area contributed by atoms with Crippen LogP contribution in [0.3, 0.4) is 0 Å². The van der Waals surface area contributed by atoms with Crippen molar-refractivity contribution in [1.29, 1.82) is 0 Å². The van der Waals surface area contributed by atoms with Gasteiger partial charge >= 0.3 is 6.03 Å². The lowest BCUT2D eigenvalue weighted by Gasteiger charge is -2.09. The normalized spacial score (nSPS) is 10.0. The highest BCUT2D eigenvalue weighted by molar-refractivity contribution is 9.10. The molecule has 7 heteroatoms. The molecule has 2 aromatic rings.